The van der Waals surface area contributed by atoms with E-state index in [1.54, 1.807) is 0 Å². The van der Waals surface area contributed by atoms with Gasteiger partial charge in [0.1, 0.15) is 4.70 Å². The number of aryl methyl sites for hydroxylation is 2. The van der Waals surface area contributed by atoms with E-state index in [1.807, 2.05) is 37.6 Å². The molecule has 4 aromatic rings. The van der Waals surface area contributed by atoms with Gasteiger partial charge in [-0.2, -0.15) is 0 Å². The predicted octanol–water partition coefficient (Wildman–Crippen LogP) is 3.88. The lowest BCUT2D eigenvalue weighted by Crippen LogP contribution is -2.10. The number of aromatic nitrogens is 3. The van der Waals surface area contributed by atoms with Crippen molar-refractivity contribution in [3.63, 3.8) is 0 Å². The largest absolute Gasteiger partial charge is 0.330 e. The van der Waals surface area contributed by atoms with Crippen LogP contribution < -0.4 is 11.3 Å². The lowest BCUT2D eigenvalue weighted by molar-refractivity contribution is 0.745. The average Bonchev–Trinajstić information content (AvgIpc) is 3.13. The van der Waals surface area contributed by atoms with Gasteiger partial charge in [0.25, 0.3) is 5.56 Å². The second-order valence-corrected chi connectivity index (χ2v) is 7.55. The maximum Gasteiger partial charge on any atom is 0.266 e. The molecule has 0 bridgehead atoms. The lowest BCUT2D eigenvalue weighted by Gasteiger charge is -2.14. The number of thiophene rings is 1. The molecule has 26 heavy (non-hydrogen) atoms. The molecule has 1 unspecified atom stereocenters. The Morgan fingerprint density at radius 1 is 1.23 bits per heavy atom. The quantitative estimate of drug-likeness (QED) is 0.578. The van der Waals surface area contributed by atoms with Gasteiger partial charge in [0.2, 0.25) is 0 Å². The van der Waals surface area contributed by atoms with Gasteiger partial charge in [0, 0.05) is 51.9 Å². The maximum absolute atomic E-state index is 12.4. The van der Waals surface area contributed by atoms with Gasteiger partial charge in [-0.05, 0) is 31.4 Å². The standard InChI is InChI=1S/C20H20N4OS/c1-10(8-21)15-5-4-13(9-22-15)16-11(2)23-12(3)18-17(16)14-6-7-26-19(14)20(25)24-18/h4-7,9-10H,8,21H2,1-3H3,(H,24,25). The third-order valence-corrected chi connectivity index (χ3v) is 5.79. The zero-order chi connectivity index (χ0) is 18.4. The summed E-state index contributed by atoms with van der Waals surface area (Å²) < 4.78 is 0.741. The van der Waals surface area contributed by atoms with Gasteiger partial charge in [-0.1, -0.05) is 13.0 Å². The Morgan fingerprint density at radius 3 is 2.73 bits per heavy atom. The van der Waals surface area contributed by atoms with E-state index in [0.29, 0.717) is 6.54 Å². The molecule has 4 heterocycles. The molecule has 0 saturated carbocycles. The van der Waals surface area contributed by atoms with Crippen molar-refractivity contribution in [2.45, 2.75) is 26.7 Å². The molecule has 1 atom stereocenters. The van der Waals surface area contributed by atoms with Crippen molar-refractivity contribution in [3.05, 3.63) is 57.2 Å². The van der Waals surface area contributed by atoms with Gasteiger partial charge < -0.3 is 10.7 Å². The van der Waals surface area contributed by atoms with Crippen LogP contribution >= 0.6 is 11.3 Å². The highest BCUT2D eigenvalue weighted by Gasteiger charge is 2.17. The van der Waals surface area contributed by atoms with Crippen LogP contribution in [0.25, 0.3) is 32.1 Å². The van der Waals surface area contributed by atoms with Crippen LogP contribution in [-0.2, 0) is 0 Å². The summed E-state index contributed by atoms with van der Waals surface area (Å²) in [5, 5.41) is 3.96. The highest BCUT2D eigenvalue weighted by atomic mass is 32.1. The van der Waals surface area contributed by atoms with E-state index in [-0.39, 0.29) is 11.5 Å². The molecule has 0 aliphatic heterocycles. The fourth-order valence-corrected chi connectivity index (χ4v) is 4.24. The summed E-state index contributed by atoms with van der Waals surface area (Å²) in [5.74, 6) is 0.220. The molecule has 0 radical (unpaired) electrons. The molecular weight excluding hydrogens is 344 g/mol. The molecule has 0 aliphatic rings. The highest BCUT2D eigenvalue weighted by molar-refractivity contribution is 7.17. The number of aromatic amines is 1. The summed E-state index contributed by atoms with van der Waals surface area (Å²) in [7, 11) is 0. The molecular formula is C20H20N4OS. The number of pyridine rings is 3. The van der Waals surface area contributed by atoms with Gasteiger partial charge >= 0.3 is 0 Å². The predicted molar refractivity (Wildman–Crippen MR) is 108 cm³/mol. The fourth-order valence-electron chi connectivity index (χ4n) is 3.44. The Bertz CT molecular complexity index is 1170. The Hall–Kier alpha value is -2.57. The minimum Gasteiger partial charge on any atom is -0.330 e. The molecule has 0 aromatic carbocycles. The lowest BCUT2D eigenvalue weighted by atomic mass is 9.97. The van der Waals surface area contributed by atoms with E-state index in [1.165, 1.54) is 11.3 Å². The summed E-state index contributed by atoms with van der Waals surface area (Å²) in [6.07, 6.45) is 1.88. The Balaban J connectivity index is 2.06. The van der Waals surface area contributed by atoms with Crippen molar-refractivity contribution in [2.24, 2.45) is 5.73 Å². The summed E-state index contributed by atoms with van der Waals surface area (Å²) in [5.41, 5.74) is 11.2. The Morgan fingerprint density at radius 2 is 2.04 bits per heavy atom. The van der Waals surface area contributed by atoms with E-state index in [0.717, 1.165) is 49.2 Å². The second-order valence-electron chi connectivity index (χ2n) is 6.63. The van der Waals surface area contributed by atoms with Gasteiger partial charge in [0.05, 0.1) is 11.2 Å². The molecule has 0 saturated heterocycles. The summed E-state index contributed by atoms with van der Waals surface area (Å²) in [6.45, 7) is 6.56. The molecule has 132 valence electrons. The first-order chi connectivity index (χ1) is 12.5. The first kappa shape index (κ1) is 16.9. The van der Waals surface area contributed by atoms with Crippen molar-refractivity contribution >= 4 is 32.3 Å². The minimum absolute atomic E-state index is 0.0625. The van der Waals surface area contributed by atoms with Crippen molar-refractivity contribution in [1.29, 1.82) is 0 Å². The Labute approximate surface area is 154 Å². The molecule has 3 N–H and O–H groups in total. The van der Waals surface area contributed by atoms with Crippen LogP contribution in [0.15, 0.2) is 34.6 Å². The summed E-state index contributed by atoms with van der Waals surface area (Å²) >= 11 is 1.46. The first-order valence-electron chi connectivity index (χ1n) is 8.58. The maximum atomic E-state index is 12.4. The van der Waals surface area contributed by atoms with Gasteiger partial charge in [-0.25, -0.2) is 0 Å². The van der Waals surface area contributed by atoms with E-state index in [4.69, 9.17) is 5.73 Å². The first-order valence-corrected chi connectivity index (χ1v) is 9.46. The SMILES string of the molecule is Cc1nc(C)c2[nH]c(=O)c3sccc3c2c1-c1ccc(C(C)CN)nc1. The molecule has 5 nitrogen and oxygen atoms in total. The van der Waals surface area contributed by atoms with Crippen molar-refractivity contribution in [1.82, 2.24) is 15.0 Å². The normalized spacial score (nSPS) is 12.8. The molecule has 4 rings (SSSR count). The number of rotatable bonds is 3. The number of hydrogen-bond donors (Lipinski definition) is 2. The number of nitrogens with zero attached hydrogens (tertiary/aromatic N) is 2. The number of nitrogens with two attached hydrogens (primary N) is 1. The molecule has 0 fully saturated rings. The monoisotopic (exact) mass is 364 g/mol. The molecule has 0 aliphatic carbocycles. The van der Waals surface area contributed by atoms with E-state index in [2.05, 4.69) is 27.9 Å². The van der Waals surface area contributed by atoms with E-state index in [9.17, 15) is 4.79 Å². The fraction of sp³-hybridized carbons (Fsp3) is 0.250. The minimum atomic E-state index is -0.0625. The van der Waals surface area contributed by atoms with Crippen LogP contribution in [0.4, 0.5) is 0 Å². The smallest absolute Gasteiger partial charge is 0.266 e. The molecule has 6 heteroatoms. The number of H-pyrrole nitrogens is 1. The van der Waals surface area contributed by atoms with Gasteiger partial charge in [-0.15, -0.1) is 11.3 Å². The third-order valence-electron chi connectivity index (χ3n) is 4.87. The highest BCUT2D eigenvalue weighted by Crippen LogP contribution is 2.36. The van der Waals surface area contributed by atoms with Crippen LogP contribution in [0.3, 0.4) is 0 Å². The van der Waals surface area contributed by atoms with Crippen molar-refractivity contribution in [3.8, 4) is 11.1 Å². The third kappa shape index (κ3) is 2.53. The van der Waals surface area contributed by atoms with Crippen LogP contribution in [0.2, 0.25) is 0 Å². The topological polar surface area (TPSA) is 84.7 Å². The van der Waals surface area contributed by atoms with Crippen LogP contribution in [0.1, 0.15) is 29.9 Å². The van der Waals surface area contributed by atoms with E-state index >= 15 is 0 Å². The number of fused-ring (bicyclic) bond motifs is 3. The second kappa shape index (κ2) is 6.30. The average molecular weight is 364 g/mol. The Kier molecular flexibility index (Phi) is 4.09. The number of nitrogens with one attached hydrogen (secondary N) is 1. The molecule has 0 spiro atoms. The zero-order valence-corrected chi connectivity index (χ0v) is 15.8. The molecule has 4 aromatic heterocycles. The van der Waals surface area contributed by atoms with Crippen LogP contribution in [0, 0.1) is 13.8 Å². The van der Waals surface area contributed by atoms with Crippen LogP contribution in [-0.4, -0.2) is 21.5 Å². The molecule has 0 amide bonds. The van der Waals surface area contributed by atoms with Crippen molar-refractivity contribution < 1.29 is 0 Å². The van der Waals surface area contributed by atoms with Gasteiger partial charge in [0.15, 0.2) is 0 Å². The zero-order valence-electron chi connectivity index (χ0n) is 15.0. The van der Waals surface area contributed by atoms with Gasteiger partial charge in [-0.3, -0.25) is 14.8 Å². The summed E-state index contributed by atoms with van der Waals surface area (Å²) in [4.78, 5) is 24.7. The van der Waals surface area contributed by atoms with Crippen molar-refractivity contribution in [2.75, 3.05) is 6.54 Å². The summed E-state index contributed by atoms with van der Waals surface area (Å²) in [6, 6.07) is 6.10. The number of hydrogen-bond acceptors (Lipinski definition) is 5. The van der Waals surface area contributed by atoms with Crippen LogP contribution in [0.5, 0.6) is 0 Å². The van der Waals surface area contributed by atoms with E-state index < -0.39 is 0 Å².